The number of fused-ring (bicyclic) bond motifs is 2. The van der Waals surface area contributed by atoms with Crippen LogP contribution in [0.3, 0.4) is 0 Å². The third-order valence-electron chi connectivity index (χ3n) is 6.13. The summed E-state index contributed by atoms with van der Waals surface area (Å²) >= 11 is 6.06. The van der Waals surface area contributed by atoms with Crippen molar-refractivity contribution >= 4 is 17.5 Å². The molecule has 7 heteroatoms. The van der Waals surface area contributed by atoms with Gasteiger partial charge in [0.05, 0.1) is 17.3 Å². The number of carbonyl (C=O) groups is 1. The molecule has 1 spiro atoms. The van der Waals surface area contributed by atoms with Gasteiger partial charge >= 0.3 is 0 Å². The zero-order valence-electron chi connectivity index (χ0n) is 16.8. The highest BCUT2D eigenvalue weighted by atomic mass is 35.5. The lowest BCUT2D eigenvalue weighted by Gasteiger charge is -2.44. The molecule has 1 fully saturated rings. The molecule has 2 aliphatic heterocycles. The molecule has 0 saturated carbocycles. The lowest BCUT2D eigenvalue weighted by molar-refractivity contribution is -0.0967. The number of rotatable bonds is 2. The first-order valence-corrected chi connectivity index (χ1v) is 10.6. The number of nitrogens with zero attached hydrogens (tertiary/aromatic N) is 4. The molecule has 0 bridgehead atoms. The van der Waals surface area contributed by atoms with Crippen molar-refractivity contribution in [2.24, 2.45) is 7.05 Å². The number of halogens is 1. The summed E-state index contributed by atoms with van der Waals surface area (Å²) in [5.74, 6) is 0.721. The second-order valence-electron chi connectivity index (χ2n) is 7.97. The van der Waals surface area contributed by atoms with Crippen LogP contribution in [0.5, 0.6) is 0 Å². The summed E-state index contributed by atoms with van der Waals surface area (Å²) in [5, 5.41) is 0.573. The summed E-state index contributed by atoms with van der Waals surface area (Å²) < 4.78 is 8.11. The molecule has 0 unspecified atom stereocenters. The van der Waals surface area contributed by atoms with Crippen molar-refractivity contribution in [2.45, 2.75) is 24.9 Å². The molecular formula is C23H23ClN4O2. The fraction of sp³-hybridized carbons (Fsp3) is 0.348. The Morgan fingerprint density at radius 1 is 1.20 bits per heavy atom. The molecule has 0 N–H and O–H groups in total. The summed E-state index contributed by atoms with van der Waals surface area (Å²) in [5.41, 5.74) is 3.28. The molecule has 6 nitrogen and oxygen atoms in total. The second-order valence-corrected chi connectivity index (χ2v) is 8.41. The number of benzene rings is 1. The minimum atomic E-state index is -0.456. The number of aryl methyl sites for hydroxylation is 1. The van der Waals surface area contributed by atoms with Crippen LogP contribution in [0.1, 0.15) is 34.6 Å². The van der Waals surface area contributed by atoms with Crippen LogP contribution in [-0.2, 0) is 23.8 Å². The van der Waals surface area contributed by atoms with Gasteiger partial charge in [-0.3, -0.25) is 4.79 Å². The number of piperidine rings is 1. The average Bonchev–Trinajstić information content (AvgIpc) is 3.12. The molecule has 4 heterocycles. The first kappa shape index (κ1) is 19.3. The van der Waals surface area contributed by atoms with Crippen LogP contribution in [0.25, 0.3) is 11.4 Å². The smallest absolute Gasteiger partial charge is 0.270 e. The Morgan fingerprint density at radius 2 is 1.97 bits per heavy atom. The molecule has 2 aliphatic rings. The maximum Gasteiger partial charge on any atom is 0.270 e. The van der Waals surface area contributed by atoms with E-state index >= 15 is 0 Å². The van der Waals surface area contributed by atoms with E-state index < -0.39 is 5.60 Å². The molecule has 2 aromatic heterocycles. The quantitative estimate of drug-likeness (QED) is 0.629. The van der Waals surface area contributed by atoms with E-state index in [4.69, 9.17) is 21.3 Å². The fourth-order valence-electron chi connectivity index (χ4n) is 4.49. The van der Waals surface area contributed by atoms with E-state index in [-0.39, 0.29) is 5.91 Å². The standard InChI is InChI=1S/C23H23ClN4O2/c1-27-15-18(24)13-19(27)22(29)28-10-8-23(9-11-28)20-17(7-12-30-23)14-25-21(26-20)16-5-3-2-4-6-16/h2-6,13-15H,7-12H2,1H3. The van der Waals surface area contributed by atoms with Crippen LogP contribution >= 0.6 is 11.6 Å². The van der Waals surface area contributed by atoms with Gasteiger partial charge < -0.3 is 14.2 Å². The van der Waals surface area contributed by atoms with Gasteiger partial charge in [0.15, 0.2) is 5.82 Å². The van der Waals surface area contributed by atoms with E-state index in [2.05, 4.69) is 4.98 Å². The molecule has 0 atom stereocenters. The van der Waals surface area contributed by atoms with Crippen molar-refractivity contribution in [1.82, 2.24) is 19.4 Å². The summed E-state index contributed by atoms with van der Waals surface area (Å²) in [6, 6.07) is 11.7. The Hall–Kier alpha value is -2.70. The Kier molecular flexibility index (Phi) is 4.83. The van der Waals surface area contributed by atoms with Gasteiger partial charge in [0.1, 0.15) is 11.3 Å². The number of aromatic nitrogens is 3. The van der Waals surface area contributed by atoms with Gasteiger partial charge in [0.25, 0.3) is 5.91 Å². The monoisotopic (exact) mass is 422 g/mol. The Balaban J connectivity index is 1.41. The molecule has 0 radical (unpaired) electrons. The van der Waals surface area contributed by atoms with Crippen LogP contribution in [0.4, 0.5) is 0 Å². The first-order valence-electron chi connectivity index (χ1n) is 10.2. The molecule has 0 aliphatic carbocycles. The van der Waals surface area contributed by atoms with E-state index in [0.29, 0.717) is 30.4 Å². The molecule has 1 aromatic carbocycles. The third-order valence-corrected chi connectivity index (χ3v) is 6.33. The molecular weight excluding hydrogens is 400 g/mol. The van der Waals surface area contributed by atoms with Crippen LogP contribution in [-0.4, -0.2) is 45.0 Å². The largest absolute Gasteiger partial charge is 0.368 e. The van der Waals surface area contributed by atoms with Crippen molar-refractivity contribution in [3.8, 4) is 11.4 Å². The number of hydrogen-bond acceptors (Lipinski definition) is 4. The van der Waals surface area contributed by atoms with Crippen LogP contribution < -0.4 is 0 Å². The molecule has 3 aromatic rings. The maximum atomic E-state index is 13.0. The van der Waals surface area contributed by atoms with Gasteiger partial charge in [0.2, 0.25) is 0 Å². The molecule has 1 saturated heterocycles. The number of amides is 1. The maximum absolute atomic E-state index is 13.0. The number of hydrogen-bond donors (Lipinski definition) is 0. The predicted octanol–water partition coefficient (Wildman–Crippen LogP) is 3.84. The second kappa shape index (κ2) is 7.52. The first-order chi connectivity index (χ1) is 14.6. The van der Waals surface area contributed by atoms with Crippen molar-refractivity contribution in [3.05, 3.63) is 70.8 Å². The van der Waals surface area contributed by atoms with Gasteiger partial charge in [-0.05, 0) is 30.9 Å². The lowest BCUT2D eigenvalue weighted by atomic mass is 9.83. The van der Waals surface area contributed by atoms with Crippen molar-refractivity contribution in [1.29, 1.82) is 0 Å². The Morgan fingerprint density at radius 3 is 2.67 bits per heavy atom. The van der Waals surface area contributed by atoms with Crippen molar-refractivity contribution in [3.63, 3.8) is 0 Å². The van der Waals surface area contributed by atoms with Crippen LogP contribution in [0.2, 0.25) is 5.02 Å². The molecule has 30 heavy (non-hydrogen) atoms. The number of likely N-dealkylation sites (tertiary alicyclic amines) is 1. The minimum absolute atomic E-state index is 0.00273. The normalized spacial score (nSPS) is 17.7. The van der Waals surface area contributed by atoms with Crippen molar-refractivity contribution in [2.75, 3.05) is 19.7 Å². The minimum Gasteiger partial charge on any atom is -0.368 e. The van der Waals surface area contributed by atoms with Crippen molar-refractivity contribution < 1.29 is 9.53 Å². The predicted molar refractivity (Wildman–Crippen MR) is 114 cm³/mol. The van der Waals surface area contributed by atoms with E-state index in [9.17, 15) is 4.79 Å². The highest BCUT2D eigenvalue weighted by Crippen LogP contribution is 2.41. The topological polar surface area (TPSA) is 60.2 Å². The molecule has 5 rings (SSSR count). The number of carbonyl (C=O) groups excluding carboxylic acids is 1. The number of ether oxygens (including phenoxy) is 1. The van der Waals surface area contributed by atoms with E-state index in [0.717, 1.165) is 41.9 Å². The summed E-state index contributed by atoms with van der Waals surface area (Å²) in [6.07, 6.45) is 5.95. The van der Waals surface area contributed by atoms with Gasteiger partial charge in [-0.2, -0.15) is 0 Å². The van der Waals surface area contributed by atoms with Gasteiger partial charge in [-0.1, -0.05) is 41.9 Å². The summed E-state index contributed by atoms with van der Waals surface area (Å²) in [7, 11) is 1.84. The van der Waals surface area contributed by atoms with Gasteiger partial charge in [-0.15, -0.1) is 0 Å². The van der Waals surface area contributed by atoms with Gasteiger partial charge in [-0.25, -0.2) is 9.97 Å². The fourth-order valence-corrected chi connectivity index (χ4v) is 4.74. The lowest BCUT2D eigenvalue weighted by Crippen LogP contribution is -2.49. The summed E-state index contributed by atoms with van der Waals surface area (Å²) in [6.45, 7) is 1.89. The Labute approximate surface area is 180 Å². The molecule has 154 valence electrons. The highest BCUT2D eigenvalue weighted by Gasteiger charge is 2.43. The van der Waals surface area contributed by atoms with E-state index in [1.807, 2.05) is 48.5 Å². The van der Waals surface area contributed by atoms with Gasteiger partial charge in [0, 0.05) is 38.1 Å². The SMILES string of the molecule is Cn1cc(Cl)cc1C(=O)N1CCC2(CC1)OCCc1cnc(-c3ccccc3)nc12. The third kappa shape index (κ3) is 3.30. The Bertz CT molecular complexity index is 1090. The highest BCUT2D eigenvalue weighted by molar-refractivity contribution is 6.31. The molecule has 1 amide bonds. The van der Waals surface area contributed by atoms with Crippen LogP contribution in [0.15, 0.2) is 48.8 Å². The average molecular weight is 423 g/mol. The zero-order chi connectivity index (χ0) is 20.7. The van der Waals surface area contributed by atoms with Crippen LogP contribution in [0, 0.1) is 0 Å². The zero-order valence-corrected chi connectivity index (χ0v) is 17.6. The van der Waals surface area contributed by atoms with E-state index in [1.54, 1.807) is 16.8 Å². The van der Waals surface area contributed by atoms with E-state index in [1.165, 1.54) is 0 Å². The summed E-state index contributed by atoms with van der Waals surface area (Å²) in [4.78, 5) is 24.4.